The number of hydrogen-bond acceptors (Lipinski definition) is 15. The van der Waals surface area contributed by atoms with Crippen LogP contribution in [0.25, 0.3) is 22.7 Å². The molecule has 3 amide bonds. The van der Waals surface area contributed by atoms with Gasteiger partial charge in [0.15, 0.2) is 5.76 Å². The summed E-state index contributed by atoms with van der Waals surface area (Å²) < 4.78 is 6.59. The van der Waals surface area contributed by atoms with Crippen LogP contribution in [-0.2, 0) is 22.6 Å². The Labute approximate surface area is 368 Å². The molecule has 4 heterocycles. The maximum atomic E-state index is 13.3. The molecule has 0 spiro atoms. The lowest BCUT2D eigenvalue weighted by Crippen LogP contribution is -2.31. The smallest absolute Gasteiger partial charge is 0.274 e. The molecule has 2 aromatic carbocycles. The average molecular weight is 877 g/mol. The molecule has 9 N–H and O–H groups in total. The number of carbonyl (C=O) groups is 3. The van der Waals surface area contributed by atoms with Gasteiger partial charge in [-0.05, 0) is 72.9 Å². The van der Waals surface area contributed by atoms with Crippen LogP contribution in [0.4, 0.5) is 23.3 Å². The van der Waals surface area contributed by atoms with Crippen molar-refractivity contribution in [2.45, 2.75) is 39.8 Å². The minimum absolute atomic E-state index is 0.0327. The molecule has 0 fully saturated rings. The number of aliphatic hydroxyl groups excluding tert-OH is 1. The number of amides is 3. The zero-order chi connectivity index (χ0) is 44.7. The number of allylic oxidation sites excluding steroid dienone is 1. The maximum Gasteiger partial charge on any atom is 0.274 e. The standard InChI is InChI=1S/C43H49ClN14O5/c1-4-35(63-3)38-54-43-56-42(55-41(45)58(43)57-38)49-17-7-12-36(60)48-19-18-46-22-27-13-15-33(50-24-27)39(61)52-31-10-5-8-29(26(31)2)30-9-6-11-32(37(30)44)53-40(62)34-16-14-28(25-51-34)23-47-20-21-59/h4-6,8-11,13-16,24-25,46-47,59H,7,12,17-23H2,1-3H3,(H,48,60)(H,52,61)(H,53,62)(H3,45,49,54,55,56,57)/b35-4-. The summed E-state index contributed by atoms with van der Waals surface area (Å²) in [6.45, 7) is 6.60. The molecule has 19 nitrogen and oxygen atoms in total. The number of aliphatic hydroxyl groups is 1. The van der Waals surface area contributed by atoms with Gasteiger partial charge in [0.2, 0.25) is 23.6 Å². The normalized spacial score (nSPS) is 11.3. The number of pyridine rings is 2. The van der Waals surface area contributed by atoms with Crippen molar-refractivity contribution in [1.29, 1.82) is 0 Å². The zero-order valence-electron chi connectivity index (χ0n) is 35.0. The molecule has 63 heavy (non-hydrogen) atoms. The number of aromatic nitrogens is 7. The molecule has 0 aliphatic heterocycles. The Morgan fingerprint density at radius 2 is 1.48 bits per heavy atom. The van der Waals surface area contributed by atoms with Gasteiger partial charge < -0.3 is 47.5 Å². The number of hydrogen-bond donors (Lipinski definition) is 8. The number of nitrogen functional groups attached to an aromatic ring is 1. The molecule has 6 aromatic rings. The molecule has 20 heteroatoms. The second-order valence-corrected chi connectivity index (χ2v) is 14.4. The second-order valence-electron chi connectivity index (χ2n) is 14.0. The van der Waals surface area contributed by atoms with Crippen LogP contribution in [0.3, 0.4) is 0 Å². The van der Waals surface area contributed by atoms with E-state index >= 15 is 0 Å². The minimum atomic E-state index is -0.415. The summed E-state index contributed by atoms with van der Waals surface area (Å²) in [5, 5.41) is 31.7. The monoisotopic (exact) mass is 876 g/mol. The van der Waals surface area contributed by atoms with Gasteiger partial charge in [-0.3, -0.25) is 24.4 Å². The van der Waals surface area contributed by atoms with E-state index in [0.29, 0.717) is 85.7 Å². The number of halogens is 1. The summed E-state index contributed by atoms with van der Waals surface area (Å²) in [5.41, 5.74) is 11.5. The highest BCUT2D eigenvalue weighted by atomic mass is 35.5. The SMILES string of the molecule is C/C=C(\OC)c1nc2nc(NCCCC(=O)NCCNCc3ccc(C(=O)Nc4cccc(-c5cccc(NC(=O)c6ccc(CNCCO)cn6)c5Cl)c4C)nc3)nc(N)n2n1. The van der Waals surface area contributed by atoms with E-state index in [9.17, 15) is 14.4 Å². The van der Waals surface area contributed by atoms with Crippen molar-refractivity contribution < 1.29 is 24.2 Å². The summed E-state index contributed by atoms with van der Waals surface area (Å²) >= 11 is 6.85. The van der Waals surface area contributed by atoms with Gasteiger partial charge in [-0.25, -0.2) is 0 Å². The summed E-state index contributed by atoms with van der Waals surface area (Å²) in [6.07, 6.45) is 5.82. The fraction of sp³-hybridized carbons (Fsp3) is 0.279. The van der Waals surface area contributed by atoms with Crippen LogP contribution in [0.2, 0.25) is 5.02 Å². The molecule has 4 aromatic heterocycles. The number of fused-ring (bicyclic) bond motifs is 1. The Kier molecular flexibility index (Phi) is 16.0. The van der Waals surface area contributed by atoms with Gasteiger partial charge in [0.25, 0.3) is 17.6 Å². The first kappa shape index (κ1) is 45.5. The number of methoxy groups -OCH3 is 1. The molecule has 0 bridgehead atoms. The van der Waals surface area contributed by atoms with E-state index in [2.05, 4.69) is 61.9 Å². The van der Waals surface area contributed by atoms with Crippen molar-refractivity contribution in [1.82, 2.24) is 50.5 Å². The third kappa shape index (κ3) is 12.1. The van der Waals surface area contributed by atoms with Crippen molar-refractivity contribution in [2.75, 3.05) is 61.6 Å². The van der Waals surface area contributed by atoms with Gasteiger partial charge in [-0.15, -0.1) is 5.10 Å². The third-order valence-electron chi connectivity index (χ3n) is 9.60. The molecule has 0 atom stereocenters. The predicted octanol–water partition coefficient (Wildman–Crippen LogP) is 4.21. The number of rotatable bonds is 21. The number of nitrogens with zero attached hydrogens (tertiary/aromatic N) is 7. The Bertz CT molecular complexity index is 2570. The highest BCUT2D eigenvalue weighted by molar-refractivity contribution is 6.36. The van der Waals surface area contributed by atoms with Crippen molar-refractivity contribution >= 4 is 64.1 Å². The van der Waals surface area contributed by atoms with E-state index in [1.165, 1.54) is 11.6 Å². The highest BCUT2D eigenvalue weighted by Gasteiger charge is 2.18. The topological polar surface area (TPSA) is 261 Å². The number of nitrogens with two attached hydrogens (primary N) is 1. The zero-order valence-corrected chi connectivity index (χ0v) is 35.8. The fourth-order valence-electron chi connectivity index (χ4n) is 6.30. The van der Waals surface area contributed by atoms with E-state index < -0.39 is 5.91 Å². The van der Waals surface area contributed by atoms with Gasteiger partial charge in [-0.2, -0.15) is 19.5 Å². The van der Waals surface area contributed by atoms with E-state index in [1.807, 2.05) is 31.2 Å². The quantitative estimate of drug-likeness (QED) is 0.0372. The molecule has 0 saturated carbocycles. The molecule has 0 radical (unpaired) electrons. The first-order valence-electron chi connectivity index (χ1n) is 20.1. The third-order valence-corrected chi connectivity index (χ3v) is 10.0. The number of anilines is 4. The van der Waals surface area contributed by atoms with Crippen molar-refractivity contribution in [2.24, 2.45) is 0 Å². The Hall–Kier alpha value is -7.06. The van der Waals surface area contributed by atoms with Crippen molar-refractivity contribution in [3.05, 3.63) is 118 Å². The first-order chi connectivity index (χ1) is 30.6. The van der Waals surface area contributed by atoms with Crippen molar-refractivity contribution in [3.63, 3.8) is 0 Å². The lowest BCUT2D eigenvalue weighted by molar-refractivity contribution is -0.121. The van der Waals surface area contributed by atoms with Gasteiger partial charge in [-0.1, -0.05) is 48.0 Å². The molecule has 0 unspecified atom stereocenters. The average Bonchev–Trinajstić information content (AvgIpc) is 3.72. The highest BCUT2D eigenvalue weighted by Crippen LogP contribution is 2.37. The minimum Gasteiger partial charge on any atom is -0.493 e. The summed E-state index contributed by atoms with van der Waals surface area (Å²) in [7, 11) is 1.53. The van der Waals surface area contributed by atoms with Crippen LogP contribution >= 0.6 is 11.6 Å². The summed E-state index contributed by atoms with van der Waals surface area (Å²) in [6, 6.07) is 17.7. The molecule has 0 saturated heterocycles. The van der Waals surface area contributed by atoms with Crippen LogP contribution in [0.1, 0.15) is 63.3 Å². The van der Waals surface area contributed by atoms with Crippen LogP contribution < -0.4 is 37.6 Å². The van der Waals surface area contributed by atoms with E-state index in [4.69, 9.17) is 27.2 Å². The first-order valence-corrected chi connectivity index (χ1v) is 20.5. The molecular formula is C43H49ClN14O5. The Balaban J connectivity index is 0.921. The maximum absolute atomic E-state index is 13.3. The lowest BCUT2D eigenvalue weighted by atomic mass is 9.98. The van der Waals surface area contributed by atoms with Gasteiger partial charge in [0.1, 0.15) is 11.4 Å². The van der Waals surface area contributed by atoms with E-state index in [-0.39, 0.29) is 47.5 Å². The molecule has 328 valence electrons. The van der Waals surface area contributed by atoms with Crippen LogP contribution in [0, 0.1) is 6.92 Å². The van der Waals surface area contributed by atoms with Crippen LogP contribution in [-0.4, -0.2) is 97.3 Å². The number of carbonyl (C=O) groups excluding carboxylic acids is 3. The van der Waals surface area contributed by atoms with Crippen molar-refractivity contribution in [3.8, 4) is 11.1 Å². The van der Waals surface area contributed by atoms with Gasteiger partial charge >= 0.3 is 0 Å². The summed E-state index contributed by atoms with van der Waals surface area (Å²) in [5.74, 6) is 0.609. The second kappa shape index (κ2) is 22.2. The number of ether oxygens (including phenoxy) is 1. The lowest BCUT2D eigenvalue weighted by Gasteiger charge is -2.16. The fourth-order valence-corrected chi connectivity index (χ4v) is 6.57. The van der Waals surface area contributed by atoms with Crippen LogP contribution in [0.5, 0.6) is 0 Å². The molecule has 0 aliphatic rings. The number of nitrogens with one attached hydrogen (secondary N) is 6. The van der Waals surface area contributed by atoms with Gasteiger partial charge in [0.05, 0.1) is 24.4 Å². The van der Waals surface area contributed by atoms with Gasteiger partial charge in [0, 0.05) is 69.3 Å². The van der Waals surface area contributed by atoms with E-state index in [0.717, 1.165) is 22.3 Å². The Morgan fingerprint density at radius 3 is 2.11 bits per heavy atom. The largest absolute Gasteiger partial charge is 0.493 e. The summed E-state index contributed by atoms with van der Waals surface area (Å²) in [4.78, 5) is 60.2. The van der Waals surface area contributed by atoms with Crippen LogP contribution in [0.15, 0.2) is 79.1 Å². The van der Waals surface area contributed by atoms with E-state index in [1.54, 1.807) is 61.8 Å². The molecule has 0 aliphatic carbocycles. The predicted molar refractivity (Wildman–Crippen MR) is 241 cm³/mol. The molecular weight excluding hydrogens is 828 g/mol. The number of benzene rings is 2. The molecule has 6 rings (SSSR count). The Morgan fingerprint density at radius 1 is 0.825 bits per heavy atom.